The van der Waals surface area contributed by atoms with Crippen LogP contribution in [0.15, 0.2) is 65.1 Å². The maximum absolute atomic E-state index is 13.5. The maximum Gasteiger partial charge on any atom is 0.416 e. The number of carbonyl (C=O) groups excluding carboxylic acids is 1. The molecule has 1 saturated heterocycles. The first-order chi connectivity index (χ1) is 18.7. The molecular formula is C25H29ClF4N6O3S. The van der Waals surface area contributed by atoms with Gasteiger partial charge in [0.1, 0.15) is 18.2 Å². The van der Waals surface area contributed by atoms with Crippen molar-refractivity contribution in [3.63, 3.8) is 0 Å². The number of alkyl halides is 3. The number of hydrogen-bond donors (Lipinski definition) is 3. The summed E-state index contributed by atoms with van der Waals surface area (Å²) in [6.45, 7) is 1.31. The molecule has 1 heterocycles. The van der Waals surface area contributed by atoms with Gasteiger partial charge in [-0.25, -0.2) is 12.8 Å². The summed E-state index contributed by atoms with van der Waals surface area (Å²) in [5, 5.41) is 9.60. The summed E-state index contributed by atoms with van der Waals surface area (Å²) in [5.74, 6) is -1.37. The van der Waals surface area contributed by atoms with Crippen molar-refractivity contribution in [1.29, 1.82) is 5.26 Å². The lowest BCUT2D eigenvalue weighted by atomic mass is 9.98. The van der Waals surface area contributed by atoms with Gasteiger partial charge in [0.25, 0.3) is 10.0 Å². The fourth-order valence-electron chi connectivity index (χ4n) is 3.96. The predicted molar refractivity (Wildman–Crippen MR) is 143 cm³/mol. The van der Waals surface area contributed by atoms with E-state index in [2.05, 4.69) is 11.1 Å². The average Bonchev–Trinajstić information content (AvgIpc) is 2.91. The molecule has 15 heteroatoms. The molecular weight excluding hydrogens is 576 g/mol. The molecule has 40 heavy (non-hydrogen) atoms. The van der Waals surface area contributed by atoms with E-state index in [0.717, 1.165) is 18.6 Å². The van der Waals surface area contributed by atoms with E-state index in [4.69, 9.17) is 22.6 Å². The van der Waals surface area contributed by atoms with Crippen molar-refractivity contribution in [3.8, 4) is 6.19 Å². The van der Waals surface area contributed by atoms with Crippen LogP contribution < -0.4 is 21.1 Å². The van der Waals surface area contributed by atoms with Crippen molar-refractivity contribution >= 4 is 33.2 Å². The third-order valence-corrected chi connectivity index (χ3v) is 8.07. The molecule has 5 N–H and O–H groups in total. The van der Waals surface area contributed by atoms with Gasteiger partial charge in [0.15, 0.2) is 6.19 Å². The van der Waals surface area contributed by atoms with E-state index in [9.17, 15) is 30.8 Å². The molecule has 0 aliphatic carbocycles. The summed E-state index contributed by atoms with van der Waals surface area (Å²) < 4.78 is 81.2. The van der Waals surface area contributed by atoms with Gasteiger partial charge in [-0.15, -0.1) is 0 Å². The second kappa shape index (κ2) is 14.1. The Morgan fingerprint density at radius 2 is 1.88 bits per heavy atom. The first-order valence-corrected chi connectivity index (χ1v) is 13.7. The highest BCUT2D eigenvalue weighted by Crippen LogP contribution is 2.37. The van der Waals surface area contributed by atoms with Gasteiger partial charge in [-0.1, -0.05) is 29.8 Å². The Kier molecular flexibility index (Phi) is 11.4. The van der Waals surface area contributed by atoms with Crippen LogP contribution in [-0.4, -0.2) is 45.4 Å². The lowest BCUT2D eigenvalue weighted by Crippen LogP contribution is -2.48. The maximum atomic E-state index is 13.5. The van der Waals surface area contributed by atoms with Crippen LogP contribution in [0.2, 0.25) is 5.02 Å². The van der Waals surface area contributed by atoms with Gasteiger partial charge in [0.05, 0.1) is 21.2 Å². The lowest BCUT2D eigenvalue weighted by molar-refractivity contribution is -0.137. The number of anilines is 1. The number of amides is 1. The first-order valence-electron chi connectivity index (χ1n) is 11.9. The van der Waals surface area contributed by atoms with Gasteiger partial charge >= 0.3 is 6.18 Å². The SMILES string of the molecule is C/C(F)=C(/N)NCC1CCCN(C(=O)CN(c2cc(C(F)(F)F)ccc2Cl)S(=O)(=O)c2ccccc2)C1.N#CN. The fraction of sp³-hybridized carbons (Fsp3) is 0.360. The molecule has 1 amide bonds. The minimum absolute atomic E-state index is 0.0908. The number of nitrogens with two attached hydrogens (primary N) is 2. The lowest BCUT2D eigenvalue weighted by Gasteiger charge is -2.35. The van der Waals surface area contributed by atoms with Crippen LogP contribution in [0.1, 0.15) is 25.3 Å². The van der Waals surface area contributed by atoms with Crippen LogP contribution in [0.3, 0.4) is 0 Å². The Balaban J connectivity index is 0.00000178. The molecule has 2 aromatic rings. The molecule has 1 fully saturated rings. The Hall–Kier alpha value is -3.70. The van der Waals surface area contributed by atoms with E-state index >= 15 is 0 Å². The fourth-order valence-corrected chi connectivity index (χ4v) is 5.67. The zero-order valence-electron chi connectivity index (χ0n) is 21.5. The highest BCUT2D eigenvalue weighted by molar-refractivity contribution is 7.92. The van der Waals surface area contributed by atoms with Crippen LogP contribution >= 0.6 is 11.6 Å². The number of nitriles is 1. The molecule has 0 saturated carbocycles. The number of nitrogens with zero attached hydrogens (tertiary/aromatic N) is 3. The molecule has 1 aliphatic heterocycles. The van der Waals surface area contributed by atoms with Gasteiger partial charge in [-0.3, -0.25) is 9.10 Å². The molecule has 3 rings (SSSR count). The Morgan fingerprint density at radius 3 is 2.45 bits per heavy atom. The minimum atomic E-state index is -4.76. The Morgan fingerprint density at radius 1 is 1.25 bits per heavy atom. The topological polar surface area (TPSA) is 146 Å². The molecule has 1 aliphatic rings. The summed E-state index contributed by atoms with van der Waals surface area (Å²) in [4.78, 5) is 14.5. The monoisotopic (exact) mass is 604 g/mol. The number of halogens is 5. The number of piperidine rings is 1. The number of likely N-dealkylation sites (tertiary alicyclic amines) is 1. The molecule has 1 unspecified atom stereocenters. The predicted octanol–water partition coefficient (Wildman–Crippen LogP) is 3.93. The van der Waals surface area contributed by atoms with Gasteiger partial charge in [-0.05, 0) is 56.0 Å². The molecule has 0 bridgehead atoms. The smallest absolute Gasteiger partial charge is 0.383 e. The zero-order valence-corrected chi connectivity index (χ0v) is 23.0. The molecule has 1 atom stereocenters. The number of sulfonamides is 1. The first kappa shape index (κ1) is 32.5. The van der Waals surface area contributed by atoms with Crippen LogP contribution in [0, 0.1) is 17.4 Å². The van der Waals surface area contributed by atoms with Gasteiger partial charge in [0, 0.05) is 19.6 Å². The number of benzene rings is 2. The van der Waals surface area contributed by atoms with E-state index in [0.29, 0.717) is 29.9 Å². The third kappa shape index (κ3) is 8.65. The second-order valence-corrected chi connectivity index (χ2v) is 11.1. The largest absolute Gasteiger partial charge is 0.416 e. The van der Waals surface area contributed by atoms with Crippen molar-refractivity contribution in [2.45, 2.75) is 30.8 Å². The summed E-state index contributed by atoms with van der Waals surface area (Å²) >= 11 is 6.17. The third-order valence-electron chi connectivity index (χ3n) is 5.98. The van der Waals surface area contributed by atoms with Crippen molar-refractivity contribution in [3.05, 3.63) is 70.8 Å². The van der Waals surface area contributed by atoms with Crippen LogP contribution in [-0.2, 0) is 21.0 Å². The Labute approximate surface area is 235 Å². The number of allylic oxidation sites excluding steroid dienone is 1. The Bertz CT molecular complexity index is 1350. The molecule has 2 aromatic carbocycles. The van der Waals surface area contributed by atoms with Crippen molar-refractivity contribution in [2.75, 3.05) is 30.5 Å². The van der Waals surface area contributed by atoms with Crippen LogP contribution in [0.5, 0.6) is 0 Å². The van der Waals surface area contributed by atoms with Gasteiger partial charge < -0.3 is 21.7 Å². The molecule has 9 nitrogen and oxygen atoms in total. The number of carbonyl (C=O) groups is 1. The van der Waals surface area contributed by atoms with Crippen molar-refractivity contribution in [1.82, 2.24) is 10.2 Å². The summed E-state index contributed by atoms with van der Waals surface area (Å²) in [6, 6.07) is 9.37. The average molecular weight is 605 g/mol. The van der Waals surface area contributed by atoms with Crippen molar-refractivity contribution < 1.29 is 30.8 Å². The van der Waals surface area contributed by atoms with Crippen LogP contribution in [0.4, 0.5) is 23.2 Å². The summed E-state index contributed by atoms with van der Waals surface area (Å²) in [6.07, 6.45) is -2.18. The highest BCUT2D eigenvalue weighted by Gasteiger charge is 2.35. The molecule has 218 valence electrons. The summed E-state index contributed by atoms with van der Waals surface area (Å²) in [5.41, 5.74) is 8.15. The quantitative estimate of drug-likeness (QED) is 0.235. The van der Waals surface area contributed by atoms with Crippen molar-refractivity contribution in [2.24, 2.45) is 17.4 Å². The number of nitrogens with one attached hydrogen (secondary N) is 1. The minimum Gasteiger partial charge on any atom is -0.383 e. The van der Waals surface area contributed by atoms with E-state index in [1.807, 2.05) is 0 Å². The van der Waals surface area contributed by atoms with E-state index in [1.54, 1.807) is 6.07 Å². The molecule has 0 radical (unpaired) electrons. The number of hydrogen-bond acceptors (Lipinski definition) is 7. The van der Waals surface area contributed by atoms with E-state index in [-0.39, 0.29) is 28.2 Å². The summed E-state index contributed by atoms with van der Waals surface area (Å²) in [7, 11) is -4.46. The highest BCUT2D eigenvalue weighted by atomic mass is 35.5. The molecule has 0 aromatic heterocycles. The van der Waals surface area contributed by atoms with E-state index < -0.39 is 45.7 Å². The number of rotatable bonds is 8. The second-order valence-electron chi connectivity index (χ2n) is 8.79. The molecule has 0 spiro atoms. The van der Waals surface area contributed by atoms with Crippen LogP contribution in [0.25, 0.3) is 0 Å². The van der Waals surface area contributed by atoms with Gasteiger partial charge in [0.2, 0.25) is 5.91 Å². The standard InChI is InChI=1S/C24H27ClF4N4O3S.CH2N2/c1-16(26)23(30)31-13-17-6-5-11-32(14-17)22(34)15-33(37(35,36)19-7-3-2-4-8-19)21-12-18(24(27,28)29)9-10-20(21)25;2-1-3/h2-4,7-10,12,17,31H,5-6,11,13-15,30H2,1H3;2H2/b23-16+;. The van der Waals surface area contributed by atoms with E-state index in [1.165, 1.54) is 42.3 Å². The van der Waals surface area contributed by atoms with Gasteiger partial charge in [-0.2, -0.15) is 18.4 Å². The zero-order chi connectivity index (χ0) is 30.1. The normalized spacial score (nSPS) is 16.1.